The summed E-state index contributed by atoms with van der Waals surface area (Å²) in [6.07, 6.45) is -0.119. The fourth-order valence-electron chi connectivity index (χ4n) is 5.71. The number of nitrogens with one attached hydrogen (secondary N) is 4. The highest BCUT2D eigenvalue weighted by Gasteiger charge is 2.44. The Labute approximate surface area is 276 Å². The van der Waals surface area contributed by atoms with Crippen molar-refractivity contribution in [1.29, 1.82) is 0 Å². The molecule has 6 atom stereocenters. The molecule has 1 aromatic rings. The molecule has 46 heavy (non-hydrogen) atoms. The number of likely N-dealkylation sites (N-methyl/N-ethyl adjacent to an activating group) is 1. The van der Waals surface area contributed by atoms with Crippen molar-refractivity contribution in [2.75, 3.05) is 26.4 Å². The number of benzene rings is 1. The molecule has 0 spiro atoms. The number of nitrogens with zero attached hydrogens (tertiary/aromatic N) is 2. The van der Waals surface area contributed by atoms with E-state index < -0.39 is 60.1 Å². The minimum atomic E-state index is -2.82. The number of carbonyl (C=O) groups is 4. The second-order valence-corrected chi connectivity index (χ2v) is 15.7. The first kappa shape index (κ1) is 37.5. The van der Waals surface area contributed by atoms with Gasteiger partial charge >= 0.3 is 6.03 Å². The highest BCUT2D eigenvalue weighted by molar-refractivity contribution is 7.75. The van der Waals surface area contributed by atoms with E-state index in [1.54, 1.807) is 0 Å². The number of likely N-dealkylation sites (tertiary alicyclic amines) is 1. The molecule has 2 aliphatic rings. The molecule has 4 N–H and O–H groups in total. The molecule has 1 aromatic carbocycles. The maximum atomic E-state index is 14.0. The molecule has 1 aliphatic carbocycles. The predicted molar refractivity (Wildman–Crippen MR) is 178 cm³/mol. The van der Waals surface area contributed by atoms with Crippen LogP contribution in [0.4, 0.5) is 13.6 Å². The summed E-state index contributed by atoms with van der Waals surface area (Å²) in [4.78, 5) is 55.2. The van der Waals surface area contributed by atoms with Crippen molar-refractivity contribution in [3.05, 3.63) is 35.9 Å². The van der Waals surface area contributed by atoms with Crippen molar-refractivity contribution < 1.29 is 28.0 Å². The summed E-state index contributed by atoms with van der Waals surface area (Å²) in [5.41, 5.74) is 0.102. The predicted octanol–water partition coefficient (Wildman–Crippen LogP) is 3.21. The van der Waals surface area contributed by atoms with E-state index in [1.807, 2.05) is 85.2 Å². The Kier molecular flexibility index (Phi) is 12.9. The Bertz CT molecular complexity index is 1210. The first-order valence-corrected chi connectivity index (χ1v) is 17.3. The summed E-state index contributed by atoms with van der Waals surface area (Å²) >= 11 is 1.06. The fraction of sp³-hybridized carbons (Fsp3) is 0.697. The van der Waals surface area contributed by atoms with Gasteiger partial charge in [-0.15, -0.1) is 4.31 Å². The number of thiol groups is 1. The smallest absolute Gasteiger partial charge is 0.315 e. The number of urea groups is 1. The van der Waals surface area contributed by atoms with Gasteiger partial charge in [0, 0.05) is 32.0 Å². The first-order valence-electron chi connectivity index (χ1n) is 16.0. The van der Waals surface area contributed by atoms with E-state index in [4.69, 9.17) is 0 Å². The van der Waals surface area contributed by atoms with Gasteiger partial charge < -0.3 is 26.2 Å². The van der Waals surface area contributed by atoms with Gasteiger partial charge in [-0.25, -0.2) is 13.6 Å². The van der Waals surface area contributed by atoms with Crippen LogP contribution in [0.25, 0.3) is 0 Å². The molecule has 1 unspecified atom stereocenters. The SMILES string of the molecule is C[SH+]N(C)C[C@@H](NC(=O)N[C@H](C(=O)N1CCC[C@H]1C(=O)N[C@@H](CC(F)F)C(=O)NC1C[C@@H]1c1ccccc1)C(C)(C)C)C(C)(C)C. The maximum Gasteiger partial charge on any atom is 0.315 e. The van der Waals surface area contributed by atoms with Crippen molar-refractivity contribution in [1.82, 2.24) is 30.5 Å². The van der Waals surface area contributed by atoms with Gasteiger partial charge in [-0.05, 0) is 35.7 Å². The van der Waals surface area contributed by atoms with Crippen molar-refractivity contribution in [3.63, 3.8) is 0 Å². The number of carbonyl (C=O) groups excluding carboxylic acids is 4. The van der Waals surface area contributed by atoms with Crippen molar-refractivity contribution in [2.45, 2.75) is 110 Å². The lowest BCUT2D eigenvalue weighted by molar-refractivity contribution is -0.142. The summed E-state index contributed by atoms with van der Waals surface area (Å²) in [5, 5.41) is 11.2. The summed E-state index contributed by atoms with van der Waals surface area (Å²) in [5.74, 6) is -1.66. The third-order valence-corrected chi connectivity index (χ3v) is 9.60. The molecule has 0 aromatic heterocycles. The third-order valence-electron chi connectivity index (χ3n) is 8.76. The number of amides is 5. The molecular weight excluding hydrogens is 614 g/mol. The topological polar surface area (TPSA) is 123 Å². The van der Waals surface area contributed by atoms with Crippen LogP contribution in [0.15, 0.2) is 30.3 Å². The van der Waals surface area contributed by atoms with Crippen LogP contribution in [0, 0.1) is 10.8 Å². The minimum absolute atomic E-state index is 0.0980. The summed E-state index contributed by atoms with van der Waals surface area (Å²) in [7, 11) is 1.96. The Morgan fingerprint density at radius 2 is 1.65 bits per heavy atom. The normalized spacial score (nSPS) is 21.8. The van der Waals surface area contributed by atoms with Gasteiger partial charge in [-0.1, -0.05) is 71.9 Å². The van der Waals surface area contributed by atoms with Crippen molar-refractivity contribution in [2.24, 2.45) is 10.8 Å². The van der Waals surface area contributed by atoms with Crippen LogP contribution in [0.3, 0.4) is 0 Å². The van der Waals surface area contributed by atoms with Gasteiger partial charge in [0.15, 0.2) is 0 Å². The van der Waals surface area contributed by atoms with E-state index in [9.17, 15) is 28.0 Å². The molecule has 13 heteroatoms. The lowest BCUT2D eigenvalue weighted by Crippen LogP contribution is -2.61. The van der Waals surface area contributed by atoms with Crippen LogP contribution in [0.2, 0.25) is 0 Å². The zero-order chi connectivity index (χ0) is 34.4. The average Bonchev–Trinajstić information content (AvgIpc) is 3.54. The van der Waals surface area contributed by atoms with Gasteiger partial charge in [0.05, 0.1) is 24.5 Å². The van der Waals surface area contributed by atoms with Crippen LogP contribution >= 0.6 is 0 Å². The minimum Gasteiger partial charge on any atom is -0.351 e. The van der Waals surface area contributed by atoms with Gasteiger partial charge in [0.25, 0.3) is 0 Å². The summed E-state index contributed by atoms with van der Waals surface area (Å²) < 4.78 is 29.2. The number of halogens is 2. The number of rotatable bonds is 13. The van der Waals surface area contributed by atoms with Crippen LogP contribution in [0.5, 0.6) is 0 Å². The Balaban J connectivity index is 1.69. The second kappa shape index (κ2) is 15.8. The average molecular weight is 668 g/mol. The molecular formula is C33H53F2N6O4S+. The van der Waals surface area contributed by atoms with E-state index in [-0.39, 0.29) is 30.0 Å². The molecule has 1 saturated heterocycles. The van der Waals surface area contributed by atoms with Crippen LogP contribution < -0.4 is 21.3 Å². The lowest BCUT2D eigenvalue weighted by atomic mass is 9.85. The summed E-state index contributed by atoms with van der Waals surface area (Å²) in [6.45, 7) is 12.5. The quantitative estimate of drug-likeness (QED) is 0.190. The van der Waals surface area contributed by atoms with E-state index in [0.29, 0.717) is 25.8 Å². The Hall–Kier alpha value is -2.93. The van der Waals surface area contributed by atoms with Crippen molar-refractivity contribution in [3.8, 4) is 0 Å². The van der Waals surface area contributed by atoms with Crippen molar-refractivity contribution >= 4 is 35.7 Å². The van der Waals surface area contributed by atoms with Gasteiger partial charge in [0.2, 0.25) is 24.1 Å². The largest absolute Gasteiger partial charge is 0.351 e. The molecule has 1 heterocycles. The second-order valence-electron chi connectivity index (χ2n) is 14.6. The molecule has 0 radical (unpaired) electrons. The van der Waals surface area contributed by atoms with Gasteiger partial charge in [-0.2, -0.15) is 0 Å². The van der Waals surface area contributed by atoms with Gasteiger partial charge in [-0.3, -0.25) is 14.4 Å². The van der Waals surface area contributed by atoms with E-state index >= 15 is 0 Å². The molecule has 1 aliphatic heterocycles. The fourth-order valence-corrected chi connectivity index (χ4v) is 6.04. The molecule has 10 nitrogen and oxygen atoms in total. The zero-order valence-electron chi connectivity index (χ0n) is 28.4. The molecule has 258 valence electrons. The number of hydrogen-bond acceptors (Lipinski definition) is 5. The lowest BCUT2D eigenvalue weighted by Gasteiger charge is -2.37. The Morgan fingerprint density at radius 1 is 1.00 bits per heavy atom. The number of alkyl halides is 2. The molecule has 2 fully saturated rings. The standard InChI is InChI=1S/C33H52F2N6O4S/c1-32(2,3)25(19-40(7)46-8)38-31(45)39-27(33(4,5)6)30(44)41-16-12-15-24(41)29(43)37-23(18-26(34)35)28(42)36-22-17-21(22)20-13-10-9-11-14-20/h9-11,13-14,21-27H,12,15-19H2,1-8H3,(H,36,42)(H,37,43)(H2,38,39,45)/p+1/t21-,22?,23+,24+,25-,27-/m1/s1. The molecule has 1 saturated carbocycles. The van der Waals surface area contributed by atoms with Crippen LogP contribution in [-0.4, -0.2) is 96.0 Å². The van der Waals surface area contributed by atoms with Gasteiger partial charge in [0.1, 0.15) is 24.4 Å². The molecule has 3 rings (SSSR count). The van der Waals surface area contributed by atoms with Crippen LogP contribution in [-0.2, 0) is 26.3 Å². The maximum absolute atomic E-state index is 14.0. The summed E-state index contributed by atoms with van der Waals surface area (Å²) in [6, 6.07) is 5.37. The van der Waals surface area contributed by atoms with E-state index in [1.165, 1.54) is 4.90 Å². The molecule has 0 bridgehead atoms. The monoisotopic (exact) mass is 667 g/mol. The highest BCUT2D eigenvalue weighted by Crippen LogP contribution is 2.40. The number of hydrogen-bond donors (Lipinski definition) is 4. The first-order chi connectivity index (χ1) is 21.4. The zero-order valence-corrected chi connectivity index (χ0v) is 29.3. The van der Waals surface area contributed by atoms with E-state index in [0.717, 1.165) is 17.5 Å². The molecule has 5 amide bonds. The van der Waals surface area contributed by atoms with E-state index in [2.05, 4.69) is 25.6 Å². The Morgan fingerprint density at radius 3 is 2.22 bits per heavy atom. The highest BCUT2D eigenvalue weighted by atomic mass is 32.2. The van der Waals surface area contributed by atoms with Crippen LogP contribution in [0.1, 0.15) is 78.7 Å². The third kappa shape index (κ3) is 10.5.